The molecule has 162 valence electrons. The lowest BCUT2D eigenvalue weighted by Gasteiger charge is -2.15. The van der Waals surface area contributed by atoms with Crippen LogP contribution in [0.3, 0.4) is 0 Å². The molecular weight excluding hydrogens is 500 g/mol. The van der Waals surface area contributed by atoms with Gasteiger partial charge in [-0.3, -0.25) is 0 Å². The van der Waals surface area contributed by atoms with Crippen LogP contribution in [0, 0.1) is 13.8 Å². The van der Waals surface area contributed by atoms with Gasteiger partial charge in [0, 0.05) is 48.2 Å². The van der Waals surface area contributed by atoms with Gasteiger partial charge in [0.15, 0.2) is 36.9 Å². The highest BCUT2D eigenvalue weighted by Crippen LogP contribution is 2.23. The van der Waals surface area contributed by atoms with Crippen molar-refractivity contribution in [3.63, 3.8) is 0 Å². The molecule has 0 saturated heterocycles. The molecule has 2 heterocycles. The quantitative estimate of drug-likeness (QED) is 0.350. The predicted molar refractivity (Wildman–Crippen MR) is 115 cm³/mol. The van der Waals surface area contributed by atoms with Crippen molar-refractivity contribution < 1.29 is 43.1 Å². The van der Waals surface area contributed by atoms with Crippen LogP contribution in [0.2, 0.25) is 0 Å². The van der Waals surface area contributed by atoms with Crippen molar-refractivity contribution in [3.8, 4) is 0 Å². The van der Waals surface area contributed by atoms with Gasteiger partial charge in [0.1, 0.15) is 0 Å². The first-order valence-electron chi connectivity index (χ1n) is 10.7. The van der Waals surface area contributed by atoms with E-state index in [-0.39, 0.29) is 34.0 Å². The second-order valence-electron chi connectivity index (χ2n) is 7.92. The summed E-state index contributed by atoms with van der Waals surface area (Å²) in [6.07, 6.45) is 13.5. The molecular formula is C26H34Br2N2. The Kier molecular flexibility index (Phi) is 11.5. The Morgan fingerprint density at radius 2 is 0.867 bits per heavy atom. The van der Waals surface area contributed by atoms with Gasteiger partial charge in [0.25, 0.3) is 0 Å². The van der Waals surface area contributed by atoms with Crippen LogP contribution in [0.4, 0.5) is 0 Å². The fourth-order valence-electron chi connectivity index (χ4n) is 3.90. The van der Waals surface area contributed by atoms with E-state index < -0.39 is 0 Å². The maximum atomic E-state index is 2.35. The molecule has 1 aromatic carbocycles. The summed E-state index contributed by atoms with van der Waals surface area (Å²) < 4.78 is 4.70. The molecule has 0 saturated carbocycles. The van der Waals surface area contributed by atoms with E-state index >= 15 is 0 Å². The van der Waals surface area contributed by atoms with Gasteiger partial charge in [0.2, 0.25) is 0 Å². The Bertz CT molecular complexity index is 785. The number of pyridine rings is 2. The van der Waals surface area contributed by atoms with E-state index in [1.807, 2.05) is 0 Å². The van der Waals surface area contributed by atoms with E-state index in [2.05, 4.69) is 110 Å². The predicted octanol–water partition coefficient (Wildman–Crippen LogP) is -0.335. The highest BCUT2D eigenvalue weighted by molar-refractivity contribution is 5.26. The highest BCUT2D eigenvalue weighted by Gasteiger charge is 2.23. The van der Waals surface area contributed by atoms with E-state index in [1.54, 1.807) is 0 Å². The Balaban J connectivity index is 0.00000225. The average Bonchev–Trinajstić information content (AvgIpc) is 2.72. The summed E-state index contributed by atoms with van der Waals surface area (Å²) in [6.45, 7) is 8.82. The third kappa shape index (κ3) is 6.75. The van der Waals surface area contributed by atoms with Crippen molar-refractivity contribution in [1.29, 1.82) is 0 Å². The molecule has 2 atom stereocenters. The normalized spacial score (nSPS) is 12.4. The van der Waals surface area contributed by atoms with Gasteiger partial charge in [-0.05, 0) is 37.8 Å². The van der Waals surface area contributed by atoms with Crippen LogP contribution in [-0.4, -0.2) is 0 Å². The SMILES string of the molecule is CCCC(c1ccc(C(CCC)[n+]2ccc(C)cc2)cc1)[n+]1ccc(C)cc1.[Br-].[Br-]. The van der Waals surface area contributed by atoms with Gasteiger partial charge < -0.3 is 34.0 Å². The third-order valence-electron chi connectivity index (χ3n) is 5.59. The van der Waals surface area contributed by atoms with Gasteiger partial charge >= 0.3 is 0 Å². The summed E-state index contributed by atoms with van der Waals surface area (Å²) in [6, 6.07) is 18.9. The molecule has 0 bridgehead atoms. The summed E-state index contributed by atoms with van der Waals surface area (Å²) >= 11 is 0. The van der Waals surface area contributed by atoms with Crippen molar-refractivity contribution in [2.75, 3.05) is 0 Å². The lowest BCUT2D eigenvalue weighted by atomic mass is 9.96. The van der Waals surface area contributed by atoms with E-state index in [0.717, 1.165) is 12.8 Å². The maximum absolute atomic E-state index is 2.35. The van der Waals surface area contributed by atoms with E-state index in [9.17, 15) is 0 Å². The second kappa shape index (κ2) is 13.0. The minimum absolute atomic E-state index is 0. The largest absolute Gasteiger partial charge is 1.00 e. The van der Waals surface area contributed by atoms with Crippen LogP contribution in [0.15, 0.2) is 73.3 Å². The number of aryl methyl sites for hydroxylation is 2. The number of hydrogen-bond donors (Lipinski definition) is 0. The Morgan fingerprint density at radius 3 is 1.13 bits per heavy atom. The molecule has 0 spiro atoms. The Morgan fingerprint density at radius 1 is 0.567 bits per heavy atom. The Hall–Kier alpha value is -1.52. The molecule has 0 aliphatic heterocycles. The zero-order chi connectivity index (χ0) is 19.9. The van der Waals surface area contributed by atoms with Crippen molar-refractivity contribution >= 4 is 0 Å². The summed E-state index contributed by atoms with van der Waals surface area (Å²) in [5.74, 6) is 0. The molecule has 3 rings (SSSR count). The van der Waals surface area contributed by atoms with Gasteiger partial charge in [-0.2, -0.15) is 9.13 Å². The third-order valence-corrected chi connectivity index (χ3v) is 5.59. The molecule has 4 heteroatoms. The Labute approximate surface area is 203 Å². The van der Waals surface area contributed by atoms with Crippen LogP contribution < -0.4 is 43.1 Å². The first-order chi connectivity index (χ1) is 13.6. The smallest absolute Gasteiger partial charge is 0.183 e. The van der Waals surface area contributed by atoms with Crippen LogP contribution in [0.1, 0.15) is 73.9 Å². The zero-order valence-electron chi connectivity index (χ0n) is 18.6. The molecule has 2 unspecified atom stereocenters. The molecule has 2 nitrogen and oxygen atoms in total. The first-order valence-corrected chi connectivity index (χ1v) is 10.7. The summed E-state index contributed by atoms with van der Waals surface area (Å²) in [7, 11) is 0. The van der Waals surface area contributed by atoms with Gasteiger partial charge in [0.05, 0.1) is 0 Å². The van der Waals surface area contributed by atoms with Crippen LogP contribution in [0.5, 0.6) is 0 Å². The van der Waals surface area contributed by atoms with Gasteiger partial charge in [-0.15, -0.1) is 0 Å². The van der Waals surface area contributed by atoms with E-state index in [1.165, 1.54) is 35.1 Å². The number of rotatable bonds is 8. The van der Waals surface area contributed by atoms with Crippen LogP contribution in [0.25, 0.3) is 0 Å². The summed E-state index contributed by atoms with van der Waals surface area (Å²) in [5, 5.41) is 0. The fraction of sp³-hybridized carbons (Fsp3) is 0.385. The van der Waals surface area contributed by atoms with Crippen molar-refractivity contribution in [2.45, 2.75) is 65.5 Å². The lowest BCUT2D eigenvalue weighted by molar-refractivity contribution is -0.715. The molecule has 0 aliphatic carbocycles. The molecule has 2 aromatic heterocycles. The van der Waals surface area contributed by atoms with E-state index in [0.29, 0.717) is 12.1 Å². The van der Waals surface area contributed by atoms with Crippen molar-refractivity contribution in [3.05, 3.63) is 95.6 Å². The monoisotopic (exact) mass is 532 g/mol. The maximum Gasteiger partial charge on any atom is 0.183 e. The standard InChI is InChI=1S/C26H34N2.2BrH/c1-5-7-25(27-17-13-21(3)14-18-27)23-9-11-24(12-10-23)26(8-6-2)28-19-15-22(4)16-20-28;;/h9-20,25-26H,5-8H2,1-4H3;2*1H/q+2;;/p-2. The molecule has 3 aromatic rings. The van der Waals surface area contributed by atoms with Crippen molar-refractivity contribution in [2.24, 2.45) is 0 Å². The molecule has 0 fully saturated rings. The molecule has 30 heavy (non-hydrogen) atoms. The van der Waals surface area contributed by atoms with Gasteiger partial charge in [-0.25, -0.2) is 0 Å². The molecule has 0 radical (unpaired) electrons. The summed E-state index contributed by atoms with van der Waals surface area (Å²) in [5.41, 5.74) is 5.39. The average molecular weight is 534 g/mol. The summed E-state index contributed by atoms with van der Waals surface area (Å²) in [4.78, 5) is 0. The number of nitrogens with zero attached hydrogens (tertiary/aromatic N) is 2. The number of benzene rings is 1. The first kappa shape index (κ1) is 26.5. The van der Waals surface area contributed by atoms with Crippen molar-refractivity contribution in [1.82, 2.24) is 0 Å². The molecule has 0 aliphatic rings. The van der Waals surface area contributed by atoms with Gasteiger partial charge in [-0.1, -0.05) is 38.1 Å². The minimum atomic E-state index is 0. The van der Waals surface area contributed by atoms with Crippen LogP contribution in [-0.2, 0) is 0 Å². The molecule has 0 N–H and O–H groups in total. The lowest BCUT2D eigenvalue weighted by Crippen LogP contribution is -3.00. The minimum Gasteiger partial charge on any atom is -1.00 e. The topological polar surface area (TPSA) is 7.76 Å². The van der Waals surface area contributed by atoms with Crippen LogP contribution >= 0.6 is 0 Å². The number of hydrogen-bond acceptors (Lipinski definition) is 0. The second-order valence-corrected chi connectivity index (χ2v) is 7.92. The zero-order valence-corrected chi connectivity index (χ0v) is 21.7. The highest BCUT2D eigenvalue weighted by atomic mass is 79.9. The van der Waals surface area contributed by atoms with E-state index in [4.69, 9.17) is 0 Å². The number of halogens is 2. The number of aromatic nitrogens is 2. The molecule has 0 amide bonds. The fourth-order valence-corrected chi connectivity index (χ4v) is 3.90.